The summed E-state index contributed by atoms with van der Waals surface area (Å²) < 4.78 is 0. The minimum atomic E-state index is -1.42. The van der Waals surface area contributed by atoms with Crippen LogP contribution in [0.25, 0.3) is 0 Å². The monoisotopic (exact) mass is 356 g/mol. The lowest BCUT2D eigenvalue weighted by molar-refractivity contribution is -0.169. The summed E-state index contributed by atoms with van der Waals surface area (Å²) in [7, 11) is 0. The summed E-state index contributed by atoms with van der Waals surface area (Å²) in [5.41, 5.74) is -1.46. The summed E-state index contributed by atoms with van der Waals surface area (Å²) in [4.78, 5) is 37.6. The summed E-state index contributed by atoms with van der Waals surface area (Å²) in [6.07, 6.45) is 7.90. The zero-order chi connectivity index (χ0) is 19.1. The summed E-state index contributed by atoms with van der Waals surface area (Å²) >= 11 is 0. The van der Waals surface area contributed by atoms with E-state index in [1.165, 1.54) is 6.92 Å². The van der Waals surface area contributed by atoms with Crippen LogP contribution < -0.4 is 0 Å². The Bertz CT molecular complexity index is 777. The molecule has 26 heavy (non-hydrogen) atoms. The van der Waals surface area contributed by atoms with E-state index in [2.05, 4.69) is 6.92 Å². The number of ketones is 3. The molecule has 0 aromatic carbocycles. The molecular weight excluding hydrogens is 328 g/mol. The molecule has 1 N–H and O–H groups in total. The molecule has 0 aromatic heterocycles. The Morgan fingerprint density at radius 3 is 2.62 bits per heavy atom. The van der Waals surface area contributed by atoms with Crippen LogP contribution in [0.15, 0.2) is 23.8 Å². The smallest absolute Gasteiger partial charge is 0.178 e. The van der Waals surface area contributed by atoms with Crippen LogP contribution in [0.5, 0.6) is 0 Å². The zero-order valence-electron chi connectivity index (χ0n) is 16.0. The van der Waals surface area contributed by atoms with E-state index in [0.717, 1.165) is 24.8 Å². The van der Waals surface area contributed by atoms with E-state index >= 15 is 0 Å². The minimum Gasteiger partial charge on any atom is -0.381 e. The third kappa shape index (κ3) is 1.91. The van der Waals surface area contributed by atoms with E-state index in [1.54, 1.807) is 12.2 Å². The largest absolute Gasteiger partial charge is 0.381 e. The van der Waals surface area contributed by atoms with Crippen molar-refractivity contribution in [1.82, 2.24) is 0 Å². The van der Waals surface area contributed by atoms with Gasteiger partial charge in [-0.15, -0.1) is 0 Å². The van der Waals surface area contributed by atoms with Gasteiger partial charge in [-0.25, -0.2) is 0 Å². The van der Waals surface area contributed by atoms with Crippen molar-refractivity contribution in [3.63, 3.8) is 0 Å². The quantitative estimate of drug-likeness (QED) is 0.784. The van der Waals surface area contributed by atoms with Crippen LogP contribution in [-0.2, 0) is 14.4 Å². The summed E-state index contributed by atoms with van der Waals surface area (Å²) in [6.45, 7) is 7.43. The number of Topliss-reactive ketones (excluding diaryl/α,β-unsaturated/α-hetero) is 2. The fourth-order valence-electron chi connectivity index (χ4n) is 7.11. The number of hydrogen-bond acceptors (Lipinski definition) is 4. The van der Waals surface area contributed by atoms with E-state index in [9.17, 15) is 19.5 Å². The van der Waals surface area contributed by atoms with Crippen molar-refractivity contribution in [3.8, 4) is 0 Å². The van der Waals surface area contributed by atoms with Crippen molar-refractivity contribution in [2.75, 3.05) is 0 Å². The molecule has 0 spiro atoms. The topological polar surface area (TPSA) is 71.4 Å². The first kappa shape index (κ1) is 17.8. The first-order valence-corrected chi connectivity index (χ1v) is 9.76. The van der Waals surface area contributed by atoms with Crippen molar-refractivity contribution >= 4 is 17.3 Å². The second kappa shape index (κ2) is 5.25. The Hall–Kier alpha value is -1.55. The van der Waals surface area contributed by atoms with E-state index in [-0.39, 0.29) is 47.4 Å². The molecule has 0 bridgehead atoms. The van der Waals surface area contributed by atoms with Crippen LogP contribution in [0.2, 0.25) is 0 Å². The molecule has 4 nitrogen and oxygen atoms in total. The Balaban J connectivity index is 1.80. The first-order chi connectivity index (χ1) is 12.1. The van der Waals surface area contributed by atoms with Crippen molar-refractivity contribution < 1.29 is 19.5 Å². The van der Waals surface area contributed by atoms with Gasteiger partial charge in [0.1, 0.15) is 11.4 Å². The molecule has 3 saturated carbocycles. The van der Waals surface area contributed by atoms with Crippen LogP contribution in [0.1, 0.15) is 53.4 Å². The van der Waals surface area contributed by atoms with Gasteiger partial charge < -0.3 is 5.11 Å². The molecule has 0 heterocycles. The van der Waals surface area contributed by atoms with Gasteiger partial charge in [0.25, 0.3) is 0 Å². The highest BCUT2D eigenvalue weighted by atomic mass is 16.3. The molecule has 140 valence electrons. The van der Waals surface area contributed by atoms with Gasteiger partial charge in [-0.2, -0.15) is 0 Å². The third-order valence-electron chi connectivity index (χ3n) is 8.38. The molecule has 0 unspecified atom stereocenters. The molecule has 4 aliphatic carbocycles. The van der Waals surface area contributed by atoms with E-state index in [1.807, 2.05) is 19.9 Å². The van der Waals surface area contributed by atoms with Crippen molar-refractivity contribution in [2.45, 2.75) is 59.0 Å². The number of allylic oxidation sites excluding steroid dienone is 4. The van der Waals surface area contributed by atoms with Gasteiger partial charge in [-0.1, -0.05) is 32.4 Å². The van der Waals surface area contributed by atoms with Gasteiger partial charge in [0.05, 0.1) is 0 Å². The first-order valence-electron chi connectivity index (χ1n) is 9.76. The Morgan fingerprint density at radius 2 is 1.96 bits per heavy atom. The van der Waals surface area contributed by atoms with Crippen LogP contribution in [0.3, 0.4) is 0 Å². The number of hydrogen-bond donors (Lipinski definition) is 1. The average molecular weight is 356 g/mol. The Kier molecular flexibility index (Phi) is 3.60. The average Bonchev–Trinajstić information content (AvgIpc) is 2.76. The third-order valence-corrected chi connectivity index (χ3v) is 8.38. The van der Waals surface area contributed by atoms with Gasteiger partial charge >= 0.3 is 0 Å². The molecule has 4 rings (SSSR count). The molecular formula is C22H28O4. The molecule has 0 aromatic rings. The predicted octanol–water partition coefficient (Wildman–Crippen LogP) is 3.04. The van der Waals surface area contributed by atoms with E-state index < -0.39 is 16.4 Å². The molecule has 4 aliphatic rings. The van der Waals surface area contributed by atoms with Crippen LogP contribution in [-0.4, -0.2) is 28.1 Å². The maximum Gasteiger partial charge on any atom is 0.178 e. The van der Waals surface area contributed by atoms with Crippen LogP contribution >= 0.6 is 0 Å². The zero-order valence-corrected chi connectivity index (χ0v) is 16.0. The summed E-state index contributed by atoms with van der Waals surface area (Å²) in [6, 6.07) is 0. The second-order valence-electron chi connectivity index (χ2n) is 9.49. The molecule has 0 radical (unpaired) electrons. The van der Waals surface area contributed by atoms with Gasteiger partial charge in [0, 0.05) is 23.2 Å². The molecule has 4 heteroatoms. The second-order valence-corrected chi connectivity index (χ2v) is 9.49. The SMILES string of the molecule is CC(=O)[C@@]1(O)[C@H](C)C[C@H]2[C@@H]3CCC4=CC(=O)C=C[C@]4(C)[C@H]3C(=O)C[C@@]21C. The maximum atomic E-state index is 13.4. The van der Waals surface area contributed by atoms with E-state index in [4.69, 9.17) is 0 Å². The van der Waals surface area contributed by atoms with E-state index in [0.29, 0.717) is 0 Å². The lowest BCUT2D eigenvalue weighted by Gasteiger charge is -2.56. The Morgan fingerprint density at radius 1 is 1.27 bits per heavy atom. The van der Waals surface area contributed by atoms with Gasteiger partial charge in [0.15, 0.2) is 11.6 Å². The van der Waals surface area contributed by atoms with Crippen molar-refractivity contribution in [2.24, 2.45) is 34.5 Å². The summed E-state index contributed by atoms with van der Waals surface area (Å²) in [5, 5.41) is 11.4. The lowest BCUT2D eigenvalue weighted by atomic mass is 9.46. The number of aliphatic hydroxyl groups is 1. The lowest BCUT2D eigenvalue weighted by Crippen LogP contribution is -2.60. The fraction of sp³-hybridized carbons (Fsp3) is 0.682. The number of rotatable bonds is 1. The summed E-state index contributed by atoms with van der Waals surface area (Å²) in [5.74, 6) is -0.0807. The number of carbonyl (C=O) groups excluding carboxylic acids is 3. The normalized spacial score (nSPS) is 50.0. The highest BCUT2D eigenvalue weighted by Gasteiger charge is 2.69. The van der Waals surface area contributed by atoms with Gasteiger partial charge in [-0.05, 0) is 56.1 Å². The number of carbonyl (C=O) groups is 3. The van der Waals surface area contributed by atoms with Crippen LogP contribution in [0, 0.1) is 34.5 Å². The van der Waals surface area contributed by atoms with Crippen molar-refractivity contribution in [3.05, 3.63) is 23.8 Å². The highest BCUT2D eigenvalue weighted by molar-refractivity contribution is 6.02. The maximum absolute atomic E-state index is 13.4. The molecule has 0 aliphatic heterocycles. The Labute approximate surface area is 154 Å². The number of fused-ring (bicyclic) bond motifs is 5. The highest BCUT2D eigenvalue weighted by Crippen LogP contribution is 2.67. The fourth-order valence-corrected chi connectivity index (χ4v) is 7.11. The van der Waals surface area contributed by atoms with Gasteiger partial charge in [-0.3, -0.25) is 14.4 Å². The van der Waals surface area contributed by atoms with Crippen molar-refractivity contribution in [1.29, 1.82) is 0 Å². The molecule has 3 fully saturated rings. The predicted molar refractivity (Wildman–Crippen MR) is 97.2 cm³/mol. The molecule has 7 atom stereocenters. The minimum absolute atomic E-state index is 0.00413. The van der Waals surface area contributed by atoms with Gasteiger partial charge in [0.2, 0.25) is 0 Å². The van der Waals surface area contributed by atoms with Crippen LogP contribution in [0.4, 0.5) is 0 Å². The molecule has 0 saturated heterocycles. The standard InChI is InChI=1S/C22H28O4/c1-12-9-17-16-6-5-14-10-15(24)7-8-20(14,3)19(16)18(25)11-21(17,4)22(12,26)13(2)23/h7-8,10,12,16-17,19,26H,5-6,9,11H2,1-4H3/t12-,16+,17+,19-,20+,21+,22+/m1/s1. The molecule has 0 amide bonds.